The van der Waals surface area contributed by atoms with Crippen LogP contribution in [-0.2, 0) is 4.74 Å². The second kappa shape index (κ2) is 7.19. The molecule has 2 rings (SSSR count). The monoisotopic (exact) mass is 344 g/mol. The van der Waals surface area contributed by atoms with Crippen LogP contribution in [0.3, 0.4) is 0 Å². The number of benzene rings is 1. The van der Waals surface area contributed by atoms with Gasteiger partial charge in [0.05, 0.1) is 6.61 Å². The summed E-state index contributed by atoms with van der Waals surface area (Å²) in [6, 6.07) is 7.82. The van der Waals surface area contributed by atoms with Crippen LogP contribution in [0.2, 0.25) is 0 Å². The van der Waals surface area contributed by atoms with Crippen molar-refractivity contribution in [1.82, 2.24) is 4.90 Å². The number of nitrogens with two attached hydrogens (primary N) is 1. The Hall–Kier alpha value is -0.690. The van der Waals surface area contributed by atoms with E-state index < -0.39 is 0 Å². The molecule has 104 valence electrons. The minimum Gasteiger partial charge on any atom is -0.492 e. The smallest absolute Gasteiger partial charge is 0.120 e. The molecular weight excluding hydrogens is 328 g/mol. The molecule has 2 N–H and O–H groups in total. The fraction of sp³-hybridized carbons (Fsp3) is 0.462. The molecule has 1 aromatic carbocycles. The molecule has 0 radical (unpaired) electrons. The molecule has 4 nitrogen and oxygen atoms in total. The van der Waals surface area contributed by atoms with Gasteiger partial charge < -0.3 is 15.2 Å². The highest BCUT2D eigenvalue weighted by molar-refractivity contribution is 9.10. The second-order valence-electron chi connectivity index (χ2n) is 4.36. The van der Waals surface area contributed by atoms with Crippen LogP contribution in [0.4, 0.5) is 0 Å². The van der Waals surface area contributed by atoms with Gasteiger partial charge in [0.2, 0.25) is 0 Å². The molecule has 6 heteroatoms. The van der Waals surface area contributed by atoms with Gasteiger partial charge in [0.1, 0.15) is 23.4 Å². The van der Waals surface area contributed by atoms with E-state index in [1.807, 2.05) is 24.3 Å². The van der Waals surface area contributed by atoms with Crippen LogP contribution in [0, 0.1) is 0 Å². The van der Waals surface area contributed by atoms with Gasteiger partial charge in [-0.2, -0.15) is 0 Å². The van der Waals surface area contributed by atoms with Crippen molar-refractivity contribution in [3.05, 3.63) is 28.7 Å². The van der Waals surface area contributed by atoms with E-state index in [9.17, 15) is 0 Å². The minimum atomic E-state index is -0.128. The molecule has 1 atom stereocenters. The van der Waals surface area contributed by atoms with Crippen LogP contribution >= 0.6 is 28.1 Å². The van der Waals surface area contributed by atoms with Crippen LogP contribution in [0.1, 0.15) is 0 Å². The van der Waals surface area contributed by atoms with Crippen molar-refractivity contribution in [3.63, 3.8) is 0 Å². The molecule has 0 aliphatic carbocycles. The number of rotatable bonds is 5. The topological polar surface area (TPSA) is 47.7 Å². The summed E-state index contributed by atoms with van der Waals surface area (Å²) in [5, 5.41) is 0. The summed E-state index contributed by atoms with van der Waals surface area (Å²) < 4.78 is 12.2. The number of nitrogens with zero attached hydrogens (tertiary/aromatic N) is 1. The molecule has 19 heavy (non-hydrogen) atoms. The van der Waals surface area contributed by atoms with Crippen molar-refractivity contribution < 1.29 is 9.47 Å². The highest BCUT2D eigenvalue weighted by atomic mass is 79.9. The second-order valence-corrected chi connectivity index (χ2v) is 5.75. The van der Waals surface area contributed by atoms with Gasteiger partial charge in [-0.1, -0.05) is 28.1 Å². The lowest BCUT2D eigenvalue weighted by molar-refractivity contribution is 0.00306. The number of halogens is 1. The predicted octanol–water partition coefficient (Wildman–Crippen LogP) is 1.81. The Balaban J connectivity index is 1.73. The first-order valence-corrected chi connectivity index (χ1v) is 7.37. The summed E-state index contributed by atoms with van der Waals surface area (Å²) >= 11 is 8.35. The summed E-state index contributed by atoms with van der Waals surface area (Å²) in [5.41, 5.74) is 5.61. The Kier molecular flexibility index (Phi) is 5.57. The summed E-state index contributed by atoms with van der Waals surface area (Å²) in [6.07, 6.45) is -0.128. The molecule has 1 unspecified atom stereocenters. The lowest BCUT2D eigenvalue weighted by atomic mass is 10.2. The fourth-order valence-electron chi connectivity index (χ4n) is 1.90. The summed E-state index contributed by atoms with van der Waals surface area (Å²) in [4.78, 5) is 2.69. The lowest BCUT2D eigenvalue weighted by Crippen LogP contribution is -2.48. The van der Waals surface area contributed by atoms with E-state index in [-0.39, 0.29) is 6.10 Å². The molecule has 0 bridgehead atoms. The van der Waals surface area contributed by atoms with E-state index in [1.54, 1.807) is 0 Å². The first kappa shape index (κ1) is 14.7. The molecule has 1 aliphatic heterocycles. The van der Waals surface area contributed by atoms with Crippen LogP contribution in [-0.4, -0.2) is 48.8 Å². The number of thiocarbonyl (C=S) groups is 1. The maximum atomic E-state index is 5.69. The third-order valence-electron chi connectivity index (χ3n) is 2.96. The standard InChI is InChI=1S/C13H17BrN2O2S/c14-10-1-3-11(4-2-10)17-7-5-16-6-8-18-12(9-16)13(15)19/h1-4,12H,5-9H2,(H2,15,19). The third kappa shape index (κ3) is 4.72. The van der Waals surface area contributed by atoms with Crippen molar-refractivity contribution in [1.29, 1.82) is 0 Å². The van der Waals surface area contributed by atoms with Gasteiger partial charge in [-0.15, -0.1) is 0 Å². The first-order valence-electron chi connectivity index (χ1n) is 6.17. The van der Waals surface area contributed by atoms with Crippen molar-refractivity contribution in [2.75, 3.05) is 32.8 Å². The van der Waals surface area contributed by atoms with Gasteiger partial charge in [0.25, 0.3) is 0 Å². The van der Waals surface area contributed by atoms with E-state index in [0.717, 1.165) is 29.9 Å². The maximum Gasteiger partial charge on any atom is 0.120 e. The molecule has 0 spiro atoms. The van der Waals surface area contributed by atoms with Gasteiger partial charge in [0, 0.05) is 24.1 Å². The lowest BCUT2D eigenvalue weighted by Gasteiger charge is -2.32. The number of morpholine rings is 1. The van der Waals surface area contributed by atoms with Crippen molar-refractivity contribution in [2.24, 2.45) is 5.73 Å². The summed E-state index contributed by atoms with van der Waals surface area (Å²) in [6.45, 7) is 3.80. The van der Waals surface area contributed by atoms with E-state index >= 15 is 0 Å². The zero-order valence-electron chi connectivity index (χ0n) is 10.5. The largest absolute Gasteiger partial charge is 0.492 e. The van der Waals surface area contributed by atoms with Crippen LogP contribution in [0.5, 0.6) is 5.75 Å². The Morgan fingerprint density at radius 2 is 2.21 bits per heavy atom. The van der Waals surface area contributed by atoms with E-state index in [4.69, 9.17) is 27.4 Å². The Labute approximate surface area is 127 Å². The Morgan fingerprint density at radius 1 is 1.47 bits per heavy atom. The van der Waals surface area contributed by atoms with Gasteiger partial charge in [-0.05, 0) is 24.3 Å². The van der Waals surface area contributed by atoms with Crippen molar-refractivity contribution >= 4 is 33.1 Å². The molecule has 0 saturated carbocycles. The molecule has 0 aromatic heterocycles. The molecule has 1 aromatic rings. The molecule has 1 aliphatic rings. The van der Waals surface area contributed by atoms with Gasteiger partial charge in [-0.3, -0.25) is 4.90 Å². The van der Waals surface area contributed by atoms with Gasteiger partial charge in [0.15, 0.2) is 0 Å². The fourth-order valence-corrected chi connectivity index (χ4v) is 2.31. The molecule has 1 heterocycles. The summed E-state index contributed by atoms with van der Waals surface area (Å²) in [7, 11) is 0. The normalized spacial score (nSPS) is 20.2. The number of hydrogen-bond acceptors (Lipinski definition) is 4. The highest BCUT2D eigenvalue weighted by Gasteiger charge is 2.22. The quantitative estimate of drug-likeness (QED) is 0.825. The Bertz CT molecular complexity index is 427. The van der Waals surface area contributed by atoms with Crippen LogP contribution in [0.25, 0.3) is 0 Å². The van der Waals surface area contributed by atoms with E-state index in [2.05, 4.69) is 20.8 Å². The number of ether oxygens (including phenoxy) is 2. The molecule has 1 saturated heterocycles. The van der Waals surface area contributed by atoms with Gasteiger partial charge >= 0.3 is 0 Å². The van der Waals surface area contributed by atoms with Gasteiger partial charge in [-0.25, -0.2) is 0 Å². The minimum absolute atomic E-state index is 0.128. The zero-order chi connectivity index (χ0) is 13.7. The third-order valence-corrected chi connectivity index (χ3v) is 3.75. The van der Waals surface area contributed by atoms with Crippen LogP contribution in [0.15, 0.2) is 28.7 Å². The zero-order valence-corrected chi connectivity index (χ0v) is 13.0. The average Bonchev–Trinajstić information content (AvgIpc) is 2.41. The van der Waals surface area contributed by atoms with Crippen molar-refractivity contribution in [2.45, 2.75) is 6.10 Å². The maximum absolute atomic E-state index is 5.69. The Morgan fingerprint density at radius 3 is 2.89 bits per heavy atom. The van der Waals surface area contributed by atoms with Crippen LogP contribution < -0.4 is 10.5 Å². The molecule has 0 amide bonds. The molecule has 1 fully saturated rings. The average molecular weight is 345 g/mol. The SMILES string of the molecule is NC(=S)C1CN(CCOc2ccc(Br)cc2)CCO1. The van der Waals surface area contributed by atoms with E-state index in [1.165, 1.54) is 0 Å². The highest BCUT2D eigenvalue weighted by Crippen LogP contribution is 2.16. The summed E-state index contributed by atoms with van der Waals surface area (Å²) in [5.74, 6) is 0.877. The predicted molar refractivity (Wildman–Crippen MR) is 82.6 cm³/mol. The molecular formula is C13H17BrN2O2S. The number of hydrogen-bond donors (Lipinski definition) is 1. The first-order chi connectivity index (χ1) is 9.15. The van der Waals surface area contributed by atoms with Crippen molar-refractivity contribution in [3.8, 4) is 5.75 Å². The van der Waals surface area contributed by atoms with E-state index in [0.29, 0.717) is 18.2 Å².